The molecular formula is C12H25NO2S. The fourth-order valence-corrected chi connectivity index (χ4v) is 2.24. The maximum atomic E-state index is 11.7. The predicted octanol–water partition coefficient (Wildman–Crippen LogP) is 2.04. The molecule has 0 saturated carbocycles. The van der Waals surface area contributed by atoms with Crippen molar-refractivity contribution in [3.63, 3.8) is 0 Å². The summed E-state index contributed by atoms with van der Waals surface area (Å²) in [5.74, 6) is 1.19. The Labute approximate surface area is 103 Å². The third-order valence-electron chi connectivity index (χ3n) is 2.42. The number of aliphatic hydroxyl groups is 1. The summed E-state index contributed by atoms with van der Waals surface area (Å²) in [4.78, 5) is 11.7. The van der Waals surface area contributed by atoms with Crippen LogP contribution in [0.2, 0.25) is 0 Å². The van der Waals surface area contributed by atoms with Crippen molar-refractivity contribution in [2.45, 2.75) is 51.8 Å². The van der Waals surface area contributed by atoms with E-state index in [9.17, 15) is 4.79 Å². The summed E-state index contributed by atoms with van der Waals surface area (Å²) in [5, 5.41) is 11.9. The fraction of sp³-hybridized carbons (Fsp3) is 0.917. The Morgan fingerprint density at radius 3 is 2.50 bits per heavy atom. The van der Waals surface area contributed by atoms with E-state index in [4.69, 9.17) is 5.11 Å². The van der Waals surface area contributed by atoms with E-state index in [-0.39, 0.29) is 29.7 Å². The van der Waals surface area contributed by atoms with Gasteiger partial charge in [0.25, 0.3) is 0 Å². The third kappa shape index (κ3) is 7.12. The van der Waals surface area contributed by atoms with Crippen molar-refractivity contribution in [3.05, 3.63) is 0 Å². The lowest BCUT2D eigenvalue weighted by atomic mass is 10.2. The lowest BCUT2D eigenvalue weighted by molar-refractivity contribution is -0.120. The van der Waals surface area contributed by atoms with Crippen LogP contribution in [0, 0.1) is 5.92 Å². The second-order valence-corrected chi connectivity index (χ2v) is 5.84. The SMILES string of the molecule is CCCC(C)NC(=O)C(C)SCC(C)CO. The zero-order valence-electron chi connectivity index (χ0n) is 10.8. The number of hydrogen-bond acceptors (Lipinski definition) is 3. The maximum Gasteiger partial charge on any atom is 0.233 e. The number of aliphatic hydroxyl groups excluding tert-OH is 1. The monoisotopic (exact) mass is 247 g/mol. The van der Waals surface area contributed by atoms with Crippen molar-refractivity contribution in [1.29, 1.82) is 0 Å². The molecule has 0 bridgehead atoms. The maximum absolute atomic E-state index is 11.7. The molecule has 0 aromatic carbocycles. The lowest BCUT2D eigenvalue weighted by Gasteiger charge is -2.17. The van der Waals surface area contributed by atoms with Crippen LogP contribution in [0.3, 0.4) is 0 Å². The largest absolute Gasteiger partial charge is 0.396 e. The molecule has 3 unspecified atom stereocenters. The van der Waals surface area contributed by atoms with Gasteiger partial charge in [-0.25, -0.2) is 0 Å². The molecule has 0 aromatic rings. The summed E-state index contributed by atoms with van der Waals surface area (Å²) in [5.41, 5.74) is 0. The minimum atomic E-state index is -0.0340. The molecular weight excluding hydrogens is 222 g/mol. The number of amides is 1. The smallest absolute Gasteiger partial charge is 0.233 e. The summed E-state index contributed by atoms with van der Waals surface area (Å²) in [6.07, 6.45) is 2.11. The van der Waals surface area contributed by atoms with Crippen LogP contribution >= 0.6 is 11.8 Å². The van der Waals surface area contributed by atoms with E-state index in [1.165, 1.54) is 0 Å². The van der Waals surface area contributed by atoms with Gasteiger partial charge in [0.05, 0.1) is 5.25 Å². The Balaban J connectivity index is 3.81. The third-order valence-corrected chi connectivity index (χ3v) is 3.90. The van der Waals surface area contributed by atoms with Crippen LogP contribution in [0.25, 0.3) is 0 Å². The van der Waals surface area contributed by atoms with E-state index in [1.54, 1.807) is 11.8 Å². The Morgan fingerprint density at radius 2 is 2.00 bits per heavy atom. The second-order valence-electron chi connectivity index (χ2n) is 4.46. The van der Waals surface area contributed by atoms with Crippen LogP contribution in [0.4, 0.5) is 0 Å². The van der Waals surface area contributed by atoms with Crippen molar-refractivity contribution >= 4 is 17.7 Å². The molecule has 0 rings (SSSR count). The number of thioether (sulfide) groups is 1. The molecule has 0 saturated heterocycles. The number of carbonyl (C=O) groups is 1. The van der Waals surface area contributed by atoms with Gasteiger partial charge in [0.15, 0.2) is 0 Å². The molecule has 0 aromatic heterocycles. The molecule has 96 valence electrons. The van der Waals surface area contributed by atoms with E-state index in [2.05, 4.69) is 12.2 Å². The summed E-state index contributed by atoms with van der Waals surface area (Å²) in [6.45, 7) is 8.24. The topological polar surface area (TPSA) is 49.3 Å². The van der Waals surface area contributed by atoms with E-state index in [1.807, 2.05) is 20.8 Å². The second kappa shape index (κ2) is 8.88. The van der Waals surface area contributed by atoms with E-state index < -0.39 is 0 Å². The van der Waals surface area contributed by atoms with Crippen molar-refractivity contribution in [2.75, 3.05) is 12.4 Å². The molecule has 3 nitrogen and oxygen atoms in total. The van der Waals surface area contributed by atoms with Crippen LogP contribution in [0.15, 0.2) is 0 Å². The molecule has 0 radical (unpaired) electrons. The Kier molecular flexibility index (Phi) is 8.76. The molecule has 0 aliphatic carbocycles. The first-order valence-electron chi connectivity index (χ1n) is 6.04. The van der Waals surface area contributed by atoms with E-state index >= 15 is 0 Å². The first-order chi connectivity index (χ1) is 7.51. The average molecular weight is 247 g/mol. The minimum absolute atomic E-state index is 0.0340. The van der Waals surface area contributed by atoms with Gasteiger partial charge in [0, 0.05) is 12.6 Å². The first-order valence-corrected chi connectivity index (χ1v) is 7.08. The fourth-order valence-electron chi connectivity index (χ4n) is 1.30. The zero-order valence-corrected chi connectivity index (χ0v) is 11.6. The highest BCUT2D eigenvalue weighted by Gasteiger charge is 2.16. The zero-order chi connectivity index (χ0) is 12.6. The van der Waals surface area contributed by atoms with Gasteiger partial charge in [0.2, 0.25) is 5.91 Å². The van der Waals surface area contributed by atoms with Crippen LogP contribution < -0.4 is 5.32 Å². The Morgan fingerprint density at radius 1 is 1.38 bits per heavy atom. The quantitative estimate of drug-likeness (QED) is 0.690. The van der Waals surface area contributed by atoms with Gasteiger partial charge in [-0.3, -0.25) is 4.79 Å². The molecule has 0 heterocycles. The standard InChI is InChI=1S/C12H25NO2S/c1-5-6-10(3)13-12(15)11(4)16-8-9(2)7-14/h9-11,14H,5-8H2,1-4H3,(H,13,15). The highest BCUT2D eigenvalue weighted by atomic mass is 32.2. The molecule has 0 fully saturated rings. The molecule has 2 N–H and O–H groups in total. The van der Waals surface area contributed by atoms with Gasteiger partial charge in [-0.2, -0.15) is 0 Å². The van der Waals surface area contributed by atoms with Crippen molar-refractivity contribution in [3.8, 4) is 0 Å². The number of nitrogens with one attached hydrogen (secondary N) is 1. The lowest BCUT2D eigenvalue weighted by Crippen LogP contribution is -2.37. The van der Waals surface area contributed by atoms with Crippen LogP contribution in [0.1, 0.15) is 40.5 Å². The number of carbonyl (C=O) groups excluding carboxylic acids is 1. The molecule has 0 aliphatic rings. The van der Waals surface area contributed by atoms with Gasteiger partial charge in [0.1, 0.15) is 0 Å². The summed E-state index contributed by atoms with van der Waals surface area (Å²) in [7, 11) is 0. The van der Waals surface area contributed by atoms with Gasteiger partial charge in [-0.05, 0) is 31.9 Å². The van der Waals surface area contributed by atoms with Crippen LogP contribution in [-0.2, 0) is 4.79 Å². The highest BCUT2D eigenvalue weighted by Crippen LogP contribution is 2.15. The van der Waals surface area contributed by atoms with E-state index in [0.29, 0.717) is 0 Å². The average Bonchev–Trinajstić information content (AvgIpc) is 2.25. The van der Waals surface area contributed by atoms with Crippen LogP contribution in [-0.4, -0.2) is 34.7 Å². The number of rotatable bonds is 8. The van der Waals surface area contributed by atoms with Gasteiger partial charge in [-0.1, -0.05) is 20.3 Å². The summed E-state index contributed by atoms with van der Waals surface area (Å²) < 4.78 is 0. The molecule has 1 amide bonds. The molecule has 4 heteroatoms. The Bertz CT molecular complexity index is 199. The normalized spacial score (nSPS) is 16.6. The van der Waals surface area contributed by atoms with Crippen molar-refractivity contribution in [2.24, 2.45) is 5.92 Å². The van der Waals surface area contributed by atoms with Gasteiger partial charge in [-0.15, -0.1) is 11.8 Å². The molecule has 0 aliphatic heterocycles. The predicted molar refractivity (Wildman–Crippen MR) is 70.7 cm³/mol. The first kappa shape index (κ1) is 15.8. The van der Waals surface area contributed by atoms with Gasteiger partial charge >= 0.3 is 0 Å². The minimum Gasteiger partial charge on any atom is -0.396 e. The summed E-state index contributed by atoms with van der Waals surface area (Å²) in [6, 6.07) is 0.260. The van der Waals surface area contributed by atoms with Crippen molar-refractivity contribution < 1.29 is 9.90 Å². The summed E-state index contributed by atoms with van der Waals surface area (Å²) >= 11 is 1.61. The Hall–Kier alpha value is -0.220. The number of hydrogen-bond donors (Lipinski definition) is 2. The van der Waals surface area contributed by atoms with Crippen molar-refractivity contribution in [1.82, 2.24) is 5.32 Å². The molecule has 3 atom stereocenters. The van der Waals surface area contributed by atoms with E-state index in [0.717, 1.165) is 18.6 Å². The molecule has 0 spiro atoms. The van der Waals surface area contributed by atoms with Gasteiger partial charge < -0.3 is 10.4 Å². The molecule has 16 heavy (non-hydrogen) atoms. The van der Waals surface area contributed by atoms with Crippen LogP contribution in [0.5, 0.6) is 0 Å². The highest BCUT2D eigenvalue weighted by molar-refractivity contribution is 8.00.